The molecule has 0 bridgehead atoms. The number of amides is 1. The van der Waals surface area contributed by atoms with Crippen molar-refractivity contribution in [3.05, 3.63) is 83.4 Å². The van der Waals surface area contributed by atoms with Crippen LogP contribution in [0.25, 0.3) is 0 Å². The summed E-state index contributed by atoms with van der Waals surface area (Å²) >= 11 is 0. The zero-order valence-electron chi connectivity index (χ0n) is 17.3. The lowest BCUT2D eigenvalue weighted by atomic mass is 10.1. The van der Waals surface area contributed by atoms with Crippen LogP contribution in [0.4, 0.5) is 5.69 Å². The molecule has 0 atom stereocenters. The Hall–Kier alpha value is -3.80. The van der Waals surface area contributed by atoms with Gasteiger partial charge in [-0.25, -0.2) is 4.79 Å². The third kappa shape index (κ3) is 4.60. The second kappa shape index (κ2) is 9.13. The van der Waals surface area contributed by atoms with E-state index in [0.29, 0.717) is 34.1 Å². The van der Waals surface area contributed by atoms with E-state index >= 15 is 0 Å². The Morgan fingerprint density at radius 3 is 1.97 bits per heavy atom. The minimum Gasteiger partial charge on any atom is -0.493 e. The van der Waals surface area contributed by atoms with Crippen LogP contribution in [0.5, 0.6) is 17.2 Å². The van der Waals surface area contributed by atoms with E-state index in [9.17, 15) is 9.59 Å². The molecule has 0 N–H and O–H groups in total. The van der Waals surface area contributed by atoms with E-state index < -0.39 is 5.97 Å². The van der Waals surface area contributed by atoms with Crippen LogP contribution in [0, 0.1) is 6.92 Å². The number of nitrogens with zero attached hydrogens (tertiary/aromatic N) is 1. The summed E-state index contributed by atoms with van der Waals surface area (Å²) in [4.78, 5) is 26.6. The number of ether oxygens (including phenoxy) is 3. The molecule has 0 saturated carbocycles. The van der Waals surface area contributed by atoms with Gasteiger partial charge in [-0.3, -0.25) is 4.79 Å². The first-order valence-electron chi connectivity index (χ1n) is 9.32. The van der Waals surface area contributed by atoms with Crippen LogP contribution in [-0.2, 0) is 0 Å². The van der Waals surface area contributed by atoms with Gasteiger partial charge in [0.1, 0.15) is 5.75 Å². The average Bonchev–Trinajstić information content (AvgIpc) is 2.78. The minimum atomic E-state index is -0.521. The van der Waals surface area contributed by atoms with Gasteiger partial charge in [0.05, 0.1) is 19.8 Å². The fraction of sp³-hybridized carbons (Fsp3) is 0.167. The molecule has 6 nitrogen and oxygen atoms in total. The lowest BCUT2D eigenvalue weighted by molar-refractivity contribution is 0.0734. The first-order chi connectivity index (χ1) is 14.4. The standard InChI is InChI=1S/C24H23NO5/c1-16-5-7-17(8-6-16)23(26)25(2)19-10-12-20(13-11-19)30-24(27)18-9-14-21(28-3)22(15-18)29-4/h5-15H,1-4H3. The fourth-order valence-electron chi connectivity index (χ4n) is 2.87. The van der Waals surface area contributed by atoms with Gasteiger partial charge in [-0.05, 0) is 61.5 Å². The van der Waals surface area contributed by atoms with Gasteiger partial charge in [0.2, 0.25) is 0 Å². The molecule has 0 radical (unpaired) electrons. The third-order valence-corrected chi connectivity index (χ3v) is 4.66. The van der Waals surface area contributed by atoms with Gasteiger partial charge in [-0.2, -0.15) is 0 Å². The van der Waals surface area contributed by atoms with Crippen LogP contribution >= 0.6 is 0 Å². The number of benzene rings is 3. The van der Waals surface area contributed by atoms with E-state index in [1.807, 2.05) is 19.1 Å². The molecule has 0 fully saturated rings. The molecule has 0 aliphatic heterocycles. The van der Waals surface area contributed by atoms with E-state index in [1.165, 1.54) is 14.2 Å². The number of anilines is 1. The smallest absolute Gasteiger partial charge is 0.343 e. The summed E-state index contributed by atoms with van der Waals surface area (Å²) in [5.41, 5.74) is 2.72. The van der Waals surface area contributed by atoms with Gasteiger partial charge in [-0.1, -0.05) is 17.7 Å². The van der Waals surface area contributed by atoms with Crippen LogP contribution in [-0.4, -0.2) is 33.1 Å². The molecule has 0 aliphatic rings. The van der Waals surface area contributed by atoms with Crippen molar-refractivity contribution in [3.63, 3.8) is 0 Å². The molecule has 154 valence electrons. The molecule has 30 heavy (non-hydrogen) atoms. The summed E-state index contributed by atoms with van der Waals surface area (Å²) in [7, 11) is 4.73. The Kier molecular flexibility index (Phi) is 6.37. The summed E-state index contributed by atoms with van der Waals surface area (Å²) < 4.78 is 15.8. The molecule has 3 aromatic rings. The average molecular weight is 405 g/mol. The number of aryl methyl sites for hydroxylation is 1. The minimum absolute atomic E-state index is 0.120. The van der Waals surface area contributed by atoms with Gasteiger partial charge < -0.3 is 19.1 Å². The van der Waals surface area contributed by atoms with Gasteiger partial charge in [0, 0.05) is 18.3 Å². The summed E-state index contributed by atoms with van der Waals surface area (Å²) in [6, 6.07) is 18.9. The van der Waals surface area contributed by atoms with Crippen molar-refractivity contribution in [2.45, 2.75) is 6.92 Å². The highest BCUT2D eigenvalue weighted by atomic mass is 16.5. The van der Waals surface area contributed by atoms with Gasteiger partial charge in [0.25, 0.3) is 5.91 Å². The topological polar surface area (TPSA) is 65.1 Å². The van der Waals surface area contributed by atoms with E-state index in [4.69, 9.17) is 14.2 Å². The summed E-state index contributed by atoms with van der Waals surface area (Å²) in [5.74, 6) is 0.700. The predicted octanol–water partition coefficient (Wildman–Crippen LogP) is 4.51. The molecular formula is C24H23NO5. The number of hydrogen-bond donors (Lipinski definition) is 0. The molecule has 0 heterocycles. The van der Waals surface area contributed by atoms with Crippen molar-refractivity contribution in [2.75, 3.05) is 26.2 Å². The number of methoxy groups -OCH3 is 2. The second-order valence-corrected chi connectivity index (χ2v) is 6.68. The van der Waals surface area contributed by atoms with Crippen LogP contribution in [0.15, 0.2) is 66.7 Å². The molecule has 1 amide bonds. The number of hydrogen-bond acceptors (Lipinski definition) is 5. The van der Waals surface area contributed by atoms with E-state index in [-0.39, 0.29) is 5.91 Å². The molecule has 0 saturated heterocycles. The summed E-state index contributed by atoms with van der Waals surface area (Å²) in [5, 5.41) is 0. The van der Waals surface area contributed by atoms with Crippen molar-refractivity contribution in [1.29, 1.82) is 0 Å². The first-order valence-corrected chi connectivity index (χ1v) is 9.32. The number of esters is 1. The van der Waals surface area contributed by atoms with Crippen LogP contribution < -0.4 is 19.1 Å². The highest BCUT2D eigenvalue weighted by molar-refractivity contribution is 6.05. The van der Waals surface area contributed by atoms with Crippen molar-refractivity contribution >= 4 is 17.6 Å². The van der Waals surface area contributed by atoms with Crippen molar-refractivity contribution in [2.24, 2.45) is 0 Å². The lowest BCUT2D eigenvalue weighted by Gasteiger charge is -2.18. The normalized spacial score (nSPS) is 10.3. The quantitative estimate of drug-likeness (QED) is 0.446. The molecule has 0 aromatic heterocycles. The largest absolute Gasteiger partial charge is 0.493 e. The van der Waals surface area contributed by atoms with Gasteiger partial charge in [-0.15, -0.1) is 0 Å². The molecular weight excluding hydrogens is 382 g/mol. The second-order valence-electron chi connectivity index (χ2n) is 6.68. The molecule has 3 rings (SSSR count). The SMILES string of the molecule is COc1ccc(C(=O)Oc2ccc(N(C)C(=O)c3ccc(C)cc3)cc2)cc1OC. The fourth-order valence-corrected chi connectivity index (χ4v) is 2.87. The zero-order valence-corrected chi connectivity index (χ0v) is 17.3. The maximum absolute atomic E-state index is 12.6. The predicted molar refractivity (Wildman–Crippen MR) is 115 cm³/mol. The first kappa shape index (κ1) is 20.9. The highest BCUT2D eigenvalue weighted by Crippen LogP contribution is 2.28. The van der Waals surface area contributed by atoms with Crippen LogP contribution in [0.3, 0.4) is 0 Å². The van der Waals surface area contributed by atoms with E-state index in [1.54, 1.807) is 66.5 Å². The Bertz CT molecular complexity index is 1040. The summed E-state index contributed by atoms with van der Waals surface area (Å²) in [6.07, 6.45) is 0. The molecule has 6 heteroatoms. The van der Waals surface area contributed by atoms with Crippen molar-refractivity contribution in [3.8, 4) is 17.2 Å². The third-order valence-electron chi connectivity index (χ3n) is 4.66. The Morgan fingerprint density at radius 1 is 0.767 bits per heavy atom. The summed E-state index contributed by atoms with van der Waals surface area (Å²) in [6.45, 7) is 1.97. The van der Waals surface area contributed by atoms with Gasteiger partial charge in [0.15, 0.2) is 11.5 Å². The van der Waals surface area contributed by atoms with Gasteiger partial charge >= 0.3 is 5.97 Å². The molecule has 3 aromatic carbocycles. The van der Waals surface area contributed by atoms with Crippen molar-refractivity contribution < 1.29 is 23.8 Å². The number of rotatable bonds is 6. The number of carbonyl (C=O) groups is 2. The van der Waals surface area contributed by atoms with E-state index in [2.05, 4.69) is 0 Å². The van der Waals surface area contributed by atoms with Crippen molar-refractivity contribution in [1.82, 2.24) is 0 Å². The Labute approximate surface area is 175 Å². The maximum Gasteiger partial charge on any atom is 0.343 e. The maximum atomic E-state index is 12.6. The van der Waals surface area contributed by atoms with Crippen LogP contribution in [0.2, 0.25) is 0 Å². The number of carbonyl (C=O) groups excluding carboxylic acids is 2. The Balaban J connectivity index is 1.70. The molecule has 0 unspecified atom stereocenters. The highest BCUT2D eigenvalue weighted by Gasteiger charge is 2.15. The lowest BCUT2D eigenvalue weighted by Crippen LogP contribution is -2.26. The zero-order chi connectivity index (χ0) is 21.7. The Morgan fingerprint density at radius 2 is 1.37 bits per heavy atom. The van der Waals surface area contributed by atoms with Crippen LogP contribution in [0.1, 0.15) is 26.3 Å². The molecule has 0 spiro atoms. The monoisotopic (exact) mass is 405 g/mol. The van der Waals surface area contributed by atoms with E-state index in [0.717, 1.165) is 5.56 Å². The molecule has 0 aliphatic carbocycles.